The van der Waals surface area contributed by atoms with Crippen LogP contribution in [0.4, 0.5) is 4.39 Å². The van der Waals surface area contributed by atoms with Crippen molar-refractivity contribution in [3.63, 3.8) is 0 Å². The fraction of sp³-hybridized carbons (Fsp3) is 0.500. The number of benzene rings is 1. The normalized spacial score (nSPS) is 26.4. The fourth-order valence-corrected chi connectivity index (χ4v) is 2.16. The highest BCUT2D eigenvalue weighted by atomic mass is 35.5. The monoisotopic (exact) mass is 228 g/mol. The summed E-state index contributed by atoms with van der Waals surface area (Å²) in [4.78, 5) is 0. The fourth-order valence-electron chi connectivity index (χ4n) is 1.97. The van der Waals surface area contributed by atoms with Crippen LogP contribution in [0.15, 0.2) is 18.2 Å². The number of hydrogen-bond acceptors (Lipinski definition) is 1. The summed E-state index contributed by atoms with van der Waals surface area (Å²) in [6.45, 7) is 2.10. The summed E-state index contributed by atoms with van der Waals surface area (Å²) in [7, 11) is 0. The molecule has 82 valence electrons. The summed E-state index contributed by atoms with van der Waals surface area (Å²) >= 11 is 5.66. The van der Waals surface area contributed by atoms with E-state index in [9.17, 15) is 9.50 Å². The molecule has 1 aliphatic rings. The molecule has 0 amide bonds. The molecule has 1 nitrogen and oxygen atoms in total. The lowest BCUT2D eigenvalue weighted by molar-refractivity contribution is 0.145. The van der Waals surface area contributed by atoms with Gasteiger partial charge in [0, 0.05) is 6.42 Å². The minimum absolute atomic E-state index is 0.128. The quantitative estimate of drug-likeness (QED) is 0.843. The number of rotatable bonds is 3. The molecule has 2 rings (SSSR count). The minimum Gasteiger partial charge on any atom is -0.392 e. The van der Waals surface area contributed by atoms with Gasteiger partial charge >= 0.3 is 0 Å². The molecule has 0 spiro atoms. The number of halogens is 2. The van der Waals surface area contributed by atoms with E-state index in [0.29, 0.717) is 23.8 Å². The molecular weight excluding hydrogens is 215 g/mol. The standard InChI is InChI=1S/C12H14ClFO/c1-7-5-9(7)11(15)6-8-3-2-4-10(13)12(8)14/h2-4,7,9,11,15H,5-6H2,1H3. The predicted molar refractivity (Wildman–Crippen MR) is 58.4 cm³/mol. The van der Waals surface area contributed by atoms with Crippen molar-refractivity contribution in [3.8, 4) is 0 Å². The predicted octanol–water partition coefficient (Wildman–Crippen LogP) is 3.04. The third kappa shape index (κ3) is 2.32. The molecular formula is C12H14ClFO. The van der Waals surface area contributed by atoms with Gasteiger partial charge < -0.3 is 5.11 Å². The van der Waals surface area contributed by atoms with Crippen molar-refractivity contribution in [2.24, 2.45) is 11.8 Å². The zero-order valence-electron chi connectivity index (χ0n) is 8.58. The number of aliphatic hydroxyl groups excluding tert-OH is 1. The molecule has 3 atom stereocenters. The second-order valence-corrected chi connectivity index (χ2v) is 4.77. The van der Waals surface area contributed by atoms with Crippen molar-refractivity contribution in [1.29, 1.82) is 0 Å². The molecule has 1 aromatic carbocycles. The summed E-state index contributed by atoms with van der Waals surface area (Å²) in [5, 5.41) is 9.95. The molecule has 1 saturated carbocycles. The average molecular weight is 229 g/mol. The Bertz CT molecular complexity index is 367. The van der Waals surface area contributed by atoms with E-state index in [-0.39, 0.29) is 5.02 Å². The van der Waals surface area contributed by atoms with Crippen LogP contribution in [0.2, 0.25) is 5.02 Å². The van der Waals surface area contributed by atoms with Gasteiger partial charge in [0.15, 0.2) is 0 Å². The lowest BCUT2D eigenvalue weighted by Crippen LogP contribution is -2.15. The molecule has 0 aliphatic heterocycles. The maximum Gasteiger partial charge on any atom is 0.145 e. The van der Waals surface area contributed by atoms with Crippen molar-refractivity contribution in [2.75, 3.05) is 0 Å². The molecule has 3 heteroatoms. The van der Waals surface area contributed by atoms with E-state index >= 15 is 0 Å². The maximum atomic E-state index is 13.5. The Kier molecular flexibility index (Phi) is 2.98. The van der Waals surface area contributed by atoms with E-state index < -0.39 is 11.9 Å². The first-order chi connectivity index (χ1) is 7.09. The van der Waals surface area contributed by atoms with Crippen LogP contribution in [-0.2, 0) is 6.42 Å². The van der Waals surface area contributed by atoms with Crippen molar-refractivity contribution in [1.82, 2.24) is 0 Å². The molecule has 0 radical (unpaired) electrons. The van der Waals surface area contributed by atoms with Crippen molar-refractivity contribution in [3.05, 3.63) is 34.6 Å². The van der Waals surface area contributed by atoms with Crippen LogP contribution in [0.5, 0.6) is 0 Å². The Morgan fingerprint density at radius 3 is 2.87 bits per heavy atom. The van der Waals surface area contributed by atoms with Gasteiger partial charge in [-0.1, -0.05) is 30.7 Å². The summed E-state index contributed by atoms with van der Waals surface area (Å²) in [6.07, 6.45) is 0.970. The van der Waals surface area contributed by atoms with E-state index in [0.717, 1.165) is 6.42 Å². The maximum absolute atomic E-state index is 13.5. The van der Waals surface area contributed by atoms with Gasteiger partial charge in [-0.05, 0) is 29.9 Å². The van der Waals surface area contributed by atoms with Gasteiger partial charge in [0.05, 0.1) is 11.1 Å². The van der Waals surface area contributed by atoms with Crippen LogP contribution in [0, 0.1) is 17.7 Å². The summed E-state index contributed by atoms with van der Waals surface area (Å²) in [5.41, 5.74) is 0.508. The van der Waals surface area contributed by atoms with E-state index in [4.69, 9.17) is 11.6 Å². The van der Waals surface area contributed by atoms with E-state index in [2.05, 4.69) is 6.92 Å². The van der Waals surface area contributed by atoms with Gasteiger partial charge in [0.1, 0.15) is 5.82 Å². The Morgan fingerprint density at radius 1 is 1.60 bits per heavy atom. The van der Waals surface area contributed by atoms with Gasteiger partial charge in [0.25, 0.3) is 0 Å². The van der Waals surface area contributed by atoms with Crippen LogP contribution >= 0.6 is 11.6 Å². The van der Waals surface area contributed by atoms with Gasteiger partial charge in [-0.3, -0.25) is 0 Å². The van der Waals surface area contributed by atoms with Gasteiger partial charge in [0.2, 0.25) is 0 Å². The van der Waals surface area contributed by atoms with Crippen LogP contribution < -0.4 is 0 Å². The Morgan fingerprint density at radius 2 is 2.27 bits per heavy atom. The summed E-state index contributed by atoms with van der Waals surface area (Å²) in [6, 6.07) is 4.91. The molecule has 0 heterocycles. The number of hydrogen-bond donors (Lipinski definition) is 1. The topological polar surface area (TPSA) is 20.2 Å². The molecule has 3 unspecified atom stereocenters. The van der Waals surface area contributed by atoms with Crippen molar-refractivity contribution < 1.29 is 9.50 Å². The molecule has 15 heavy (non-hydrogen) atoms. The molecule has 0 bridgehead atoms. The van der Waals surface area contributed by atoms with E-state index in [1.54, 1.807) is 12.1 Å². The SMILES string of the molecule is CC1CC1C(O)Cc1cccc(Cl)c1F. The number of aliphatic hydroxyl groups is 1. The molecule has 0 saturated heterocycles. The summed E-state index contributed by atoms with van der Waals surface area (Å²) in [5.74, 6) is 0.511. The highest BCUT2D eigenvalue weighted by Crippen LogP contribution is 2.41. The largest absolute Gasteiger partial charge is 0.392 e. The van der Waals surface area contributed by atoms with Crippen LogP contribution in [-0.4, -0.2) is 11.2 Å². The van der Waals surface area contributed by atoms with Crippen molar-refractivity contribution in [2.45, 2.75) is 25.9 Å². The first-order valence-electron chi connectivity index (χ1n) is 5.20. The molecule has 0 aromatic heterocycles. The average Bonchev–Trinajstić information content (AvgIpc) is 2.91. The lowest BCUT2D eigenvalue weighted by Gasteiger charge is -2.10. The molecule has 1 aliphatic carbocycles. The van der Waals surface area contributed by atoms with Crippen molar-refractivity contribution >= 4 is 11.6 Å². The minimum atomic E-state index is -0.437. The highest BCUT2D eigenvalue weighted by molar-refractivity contribution is 6.30. The van der Waals surface area contributed by atoms with Crippen LogP contribution in [0.25, 0.3) is 0 Å². The zero-order chi connectivity index (χ0) is 11.0. The molecule has 1 fully saturated rings. The highest BCUT2D eigenvalue weighted by Gasteiger charge is 2.38. The van der Waals surface area contributed by atoms with Gasteiger partial charge in [-0.15, -0.1) is 0 Å². The van der Waals surface area contributed by atoms with E-state index in [1.165, 1.54) is 6.07 Å². The Hall–Kier alpha value is -0.600. The van der Waals surface area contributed by atoms with Gasteiger partial charge in [-0.25, -0.2) is 4.39 Å². The first kappa shape index (κ1) is 10.9. The van der Waals surface area contributed by atoms with Crippen LogP contribution in [0.1, 0.15) is 18.9 Å². The van der Waals surface area contributed by atoms with E-state index in [1.807, 2.05) is 0 Å². The van der Waals surface area contributed by atoms with Gasteiger partial charge in [-0.2, -0.15) is 0 Å². The molecule has 1 N–H and O–H groups in total. The smallest absolute Gasteiger partial charge is 0.145 e. The lowest BCUT2D eigenvalue weighted by atomic mass is 10.0. The first-order valence-corrected chi connectivity index (χ1v) is 5.58. The third-order valence-electron chi connectivity index (χ3n) is 3.13. The zero-order valence-corrected chi connectivity index (χ0v) is 9.34. The Labute approximate surface area is 93.9 Å². The third-order valence-corrected chi connectivity index (χ3v) is 3.42. The Balaban J connectivity index is 2.07. The second-order valence-electron chi connectivity index (χ2n) is 4.36. The second kappa shape index (κ2) is 4.11. The summed E-state index contributed by atoms with van der Waals surface area (Å²) < 4.78 is 13.5. The molecule has 1 aromatic rings. The van der Waals surface area contributed by atoms with Crippen LogP contribution in [0.3, 0.4) is 0 Å².